The van der Waals surface area contributed by atoms with Crippen molar-refractivity contribution in [3.63, 3.8) is 0 Å². The average Bonchev–Trinajstić information content (AvgIpc) is 3.15. The quantitative estimate of drug-likeness (QED) is 0.120. The first-order valence-electron chi connectivity index (χ1n) is 10.7. The number of nitrogens with two attached hydrogens (primary N) is 1. The van der Waals surface area contributed by atoms with E-state index in [0.29, 0.717) is 5.02 Å². The van der Waals surface area contributed by atoms with Crippen LogP contribution in [0.2, 0.25) is 5.02 Å². The number of aliphatic hydroxyl groups excluding tert-OH is 1. The molecule has 37 heavy (non-hydrogen) atoms. The largest absolute Gasteiger partial charge is 0.469 e. The molecule has 0 spiro atoms. The van der Waals surface area contributed by atoms with Crippen molar-refractivity contribution in [3.05, 3.63) is 68.2 Å². The molecule has 0 radical (unpaired) electrons. The van der Waals surface area contributed by atoms with Crippen LogP contribution in [0.3, 0.4) is 0 Å². The van der Waals surface area contributed by atoms with Gasteiger partial charge in [0.1, 0.15) is 29.4 Å². The standard InChI is InChI=1S/C20H23ClN7O8P/c1-3-33-19(30)11(2)26-37(32,36-13-6-4-12(21)5-7-13)34-10-14-17(29)16(25-27-23)18(35-14)28-9-8-15(22)24-20(28)31/h4-9,11,14,17,29H,3,10H2,1-2H3,(H,26,32)(H2,22,24,31)/t11-,14+,17+,37?/m0/s1. The third-order valence-corrected chi connectivity index (χ3v) is 6.65. The summed E-state index contributed by atoms with van der Waals surface area (Å²) in [5.74, 6) is -1.00. The van der Waals surface area contributed by atoms with Gasteiger partial charge in [0.15, 0.2) is 6.10 Å². The third kappa shape index (κ3) is 7.01. The maximum Gasteiger partial charge on any atom is 0.459 e. The van der Waals surface area contributed by atoms with Crippen LogP contribution in [-0.2, 0) is 23.4 Å². The molecule has 1 aromatic carbocycles. The number of carbonyl (C=O) groups excluding carboxylic acids is 1. The monoisotopic (exact) mass is 555 g/mol. The number of esters is 1. The Morgan fingerprint density at radius 2 is 2.14 bits per heavy atom. The Bertz CT molecular complexity index is 1330. The van der Waals surface area contributed by atoms with E-state index >= 15 is 0 Å². The van der Waals surface area contributed by atoms with Crippen LogP contribution >= 0.6 is 19.3 Å². The van der Waals surface area contributed by atoms with E-state index in [0.717, 1.165) is 4.57 Å². The number of hydrogen-bond acceptors (Lipinski definition) is 11. The topological polar surface area (TPSA) is 213 Å². The number of benzene rings is 1. The fourth-order valence-corrected chi connectivity index (χ4v) is 4.68. The van der Waals surface area contributed by atoms with Crippen LogP contribution in [0.25, 0.3) is 16.3 Å². The van der Waals surface area contributed by atoms with Crippen molar-refractivity contribution < 1.29 is 33.0 Å². The molecule has 0 amide bonds. The van der Waals surface area contributed by atoms with Crippen LogP contribution in [0, 0.1) is 0 Å². The number of hydrogen-bond donors (Lipinski definition) is 3. The number of aromatic nitrogens is 2. The van der Waals surface area contributed by atoms with E-state index in [1.54, 1.807) is 6.92 Å². The number of aliphatic hydroxyl groups is 1. The summed E-state index contributed by atoms with van der Waals surface area (Å²) in [5.41, 5.74) is 13.2. The van der Waals surface area contributed by atoms with Crippen molar-refractivity contribution in [2.75, 3.05) is 18.9 Å². The van der Waals surface area contributed by atoms with Gasteiger partial charge in [-0.15, -0.1) is 0 Å². The summed E-state index contributed by atoms with van der Waals surface area (Å²) in [7, 11) is -4.32. The van der Waals surface area contributed by atoms with Crippen LogP contribution in [0.5, 0.6) is 5.75 Å². The molecule has 1 aliphatic heterocycles. The summed E-state index contributed by atoms with van der Waals surface area (Å²) in [4.78, 5) is 30.6. The van der Waals surface area contributed by atoms with Crippen molar-refractivity contribution in [2.45, 2.75) is 32.1 Å². The lowest BCUT2D eigenvalue weighted by molar-refractivity contribution is -0.144. The molecule has 3 rings (SSSR count). The van der Waals surface area contributed by atoms with E-state index in [1.807, 2.05) is 0 Å². The number of nitrogens with one attached hydrogen (secondary N) is 1. The number of ether oxygens (including phenoxy) is 2. The number of anilines is 1. The minimum Gasteiger partial charge on any atom is -0.469 e. The lowest BCUT2D eigenvalue weighted by atomic mass is 10.2. The summed E-state index contributed by atoms with van der Waals surface area (Å²) < 4.78 is 36.0. The van der Waals surface area contributed by atoms with Gasteiger partial charge in [0, 0.05) is 16.1 Å². The molecule has 0 fully saturated rings. The second-order valence-electron chi connectivity index (χ2n) is 7.43. The molecular formula is C20H23ClN7O8P. The highest BCUT2D eigenvalue weighted by atomic mass is 35.5. The molecule has 198 valence electrons. The maximum absolute atomic E-state index is 13.6. The molecule has 2 aromatic rings. The van der Waals surface area contributed by atoms with Crippen molar-refractivity contribution in [2.24, 2.45) is 5.11 Å². The zero-order chi connectivity index (χ0) is 27.2. The molecule has 2 heterocycles. The number of nitrogens with zero attached hydrogens (tertiary/aromatic N) is 5. The van der Waals surface area contributed by atoms with Gasteiger partial charge in [0.05, 0.1) is 13.2 Å². The minimum atomic E-state index is -4.32. The summed E-state index contributed by atoms with van der Waals surface area (Å²) in [5, 5.41) is 17.0. The van der Waals surface area contributed by atoms with Crippen molar-refractivity contribution in [1.82, 2.24) is 14.6 Å². The zero-order valence-corrected chi connectivity index (χ0v) is 21.2. The summed E-state index contributed by atoms with van der Waals surface area (Å²) in [6, 6.07) is 6.00. The molecule has 17 heteroatoms. The fourth-order valence-electron chi connectivity index (χ4n) is 3.05. The molecule has 15 nitrogen and oxygen atoms in total. The Morgan fingerprint density at radius 1 is 1.43 bits per heavy atom. The van der Waals surface area contributed by atoms with E-state index in [-0.39, 0.29) is 29.8 Å². The third-order valence-electron chi connectivity index (χ3n) is 4.75. The van der Waals surface area contributed by atoms with Crippen LogP contribution in [0.4, 0.5) is 5.82 Å². The van der Waals surface area contributed by atoms with E-state index in [1.165, 1.54) is 43.5 Å². The maximum atomic E-state index is 13.6. The lowest BCUT2D eigenvalue weighted by Crippen LogP contribution is -2.36. The van der Waals surface area contributed by atoms with Gasteiger partial charge in [0.25, 0.3) is 0 Å². The number of rotatable bonds is 11. The Hall–Kier alpha value is -3.58. The molecule has 0 saturated heterocycles. The SMILES string of the molecule is CCOC(=O)[C@H](C)NP(=O)(OC[C@H]1OC(n2ccc(N)nc2=O)=C(N=[N+]=[N-])[C@@H]1O)Oc1ccc(Cl)cc1. The first kappa shape index (κ1) is 28.0. The number of halogens is 1. The zero-order valence-electron chi connectivity index (χ0n) is 19.6. The van der Waals surface area contributed by atoms with E-state index in [2.05, 4.69) is 20.1 Å². The van der Waals surface area contributed by atoms with Crippen molar-refractivity contribution in [1.29, 1.82) is 0 Å². The Labute approximate surface area is 215 Å². The smallest absolute Gasteiger partial charge is 0.459 e. The van der Waals surface area contributed by atoms with Gasteiger partial charge in [-0.3, -0.25) is 9.32 Å². The lowest BCUT2D eigenvalue weighted by Gasteiger charge is -2.24. The van der Waals surface area contributed by atoms with Gasteiger partial charge in [-0.1, -0.05) is 16.7 Å². The Kier molecular flexibility index (Phi) is 9.16. The first-order valence-corrected chi connectivity index (χ1v) is 12.6. The molecule has 0 saturated carbocycles. The molecule has 1 unspecified atom stereocenters. The fraction of sp³-hybridized carbons (Fsp3) is 0.350. The molecule has 0 bridgehead atoms. The van der Waals surface area contributed by atoms with Crippen LogP contribution in [0.1, 0.15) is 13.8 Å². The summed E-state index contributed by atoms with van der Waals surface area (Å²) in [6.07, 6.45) is -1.69. The van der Waals surface area contributed by atoms with Gasteiger partial charge in [-0.05, 0) is 49.7 Å². The van der Waals surface area contributed by atoms with Gasteiger partial charge < -0.3 is 24.8 Å². The summed E-state index contributed by atoms with van der Waals surface area (Å²) in [6.45, 7) is 2.49. The Morgan fingerprint density at radius 3 is 2.76 bits per heavy atom. The number of carbonyl (C=O) groups is 1. The predicted molar refractivity (Wildman–Crippen MR) is 131 cm³/mol. The molecule has 1 aliphatic rings. The molecule has 4 atom stereocenters. The molecule has 4 N–H and O–H groups in total. The highest BCUT2D eigenvalue weighted by Gasteiger charge is 2.40. The Balaban J connectivity index is 1.84. The average molecular weight is 556 g/mol. The second kappa shape index (κ2) is 12.1. The van der Waals surface area contributed by atoms with Crippen LogP contribution in [-0.4, -0.2) is 52.1 Å². The van der Waals surface area contributed by atoms with Crippen molar-refractivity contribution in [3.8, 4) is 5.75 Å². The second-order valence-corrected chi connectivity index (χ2v) is 9.56. The normalized spacial score (nSPS) is 19.4. The van der Waals surface area contributed by atoms with E-state index in [4.69, 9.17) is 41.4 Å². The molecule has 0 aliphatic carbocycles. The van der Waals surface area contributed by atoms with Crippen LogP contribution in [0.15, 0.2) is 52.1 Å². The first-order chi connectivity index (χ1) is 17.6. The molecular weight excluding hydrogens is 533 g/mol. The predicted octanol–water partition coefficient (Wildman–Crippen LogP) is 2.42. The van der Waals surface area contributed by atoms with Gasteiger partial charge in [-0.25, -0.2) is 13.9 Å². The number of azide groups is 1. The molecule has 1 aromatic heterocycles. The van der Waals surface area contributed by atoms with Crippen molar-refractivity contribution >= 4 is 37.0 Å². The van der Waals surface area contributed by atoms with E-state index < -0.39 is 44.3 Å². The minimum absolute atomic E-state index is 0.0623. The summed E-state index contributed by atoms with van der Waals surface area (Å²) >= 11 is 5.88. The van der Waals surface area contributed by atoms with Gasteiger partial charge in [0.2, 0.25) is 5.88 Å². The van der Waals surface area contributed by atoms with Gasteiger partial charge >= 0.3 is 19.4 Å². The van der Waals surface area contributed by atoms with Crippen LogP contribution < -0.4 is 21.0 Å². The number of nitrogen functional groups attached to an aromatic ring is 1. The van der Waals surface area contributed by atoms with E-state index in [9.17, 15) is 19.3 Å². The highest BCUT2D eigenvalue weighted by Crippen LogP contribution is 2.46. The highest BCUT2D eigenvalue weighted by molar-refractivity contribution is 7.52. The van der Waals surface area contributed by atoms with Gasteiger partial charge in [-0.2, -0.15) is 10.1 Å².